The van der Waals surface area contributed by atoms with Gasteiger partial charge in [0.25, 0.3) is 0 Å². The first-order valence-corrected chi connectivity index (χ1v) is 6.29. The van der Waals surface area contributed by atoms with E-state index in [0.717, 1.165) is 5.56 Å². The van der Waals surface area contributed by atoms with E-state index in [2.05, 4.69) is 5.32 Å². The first-order chi connectivity index (χ1) is 9.53. The van der Waals surface area contributed by atoms with Crippen LogP contribution in [-0.2, 0) is 6.54 Å². The second-order valence-corrected chi connectivity index (χ2v) is 4.76. The molecule has 0 aliphatic rings. The summed E-state index contributed by atoms with van der Waals surface area (Å²) in [6.45, 7) is 1.88. The molecule has 0 bridgehead atoms. The summed E-state index contributed by atoms with van der Waals surface area (Å²) in [5, 5.41) is 21.6. The fourth-order valence-electron chi connectivity index (χ4n) is 1.71. The first-order valence-electron chi connectivity index (χ1n) is 6.29. The van der Waals surface area contributed by atoms with Gasteiger partial charge in [0.15, 0.2) is 11.5 Å². The Labute approximate surface area is 119 Å². The summed E-state index contributed by atoms with van der Waals surface area (Å²) in [6.07, 6.45) is 0. The van der Waals surface area contributed by atoms with Crippen LogP contribution in [0.25, 0.3) is 0 Å². The molecule has 6 heteroatoms. The Morgan fingerprint density at radius 1 is 1.00 bits per heavy atom. The molecule has 0 aliphatic heterocycles. The van der Waals surface area contributed by atoms with Crippen LogP contribution in [0, 0.1) is 0 Å². The topological polar surface area (TPSA) is 80.2 Å². The molecule has 114 valence electrons. The minimum absolute atomic E-state index is 0.159. The van der Waals surface area contributed by atoms with E-state index in [1.165, 1.54) is 0 Å². The first kappa shape index (κ1) is 16.6. The Morgan fingerprint density at radius 2 is 1.50 bits per heavy atom. The van der Waals surface area contributed by atoms with E-state index < -0.39 is 5.54 Å². The van der Waals surface area contributed by atoms with Crippen molar-refractivity contribution in [3.8, 4) is 17.2 Å². The Bertz CT molecular complexity index is 407. The Morgan fingerprint density at radius 3 is 1.85 bits per heavy atom. The summed E-state index contributed by atoms with van der Waals surface area (Å²) in [4.78, 5) is 0. The van der Waals surface area contributed by atoms with Gasteiger partial charge < -0.3 is 29.7 Å². The molecule has 0 saturated carbocycles. The number of hydrogen-bond acceptors (Lipinski definition) is 6. The van der Waals surface area contributed by atoms with Crippen LogP contribution in [0.2, 0.25) is 0 Å². The van der Waals surface area contributed by atoms with Crippen LogP contribution >= 0.6 is 0 Å². The van der Waals surface area contributed by atoms with E-state index in [4.69, 9.17) is 14.2 Å². The minimum atomic E-state index is -0.736. The third-order valence-electron chi connectivity index (χ3n) is 3.14. The molecule has 0 spiro atoms. The van der Waals surface area contributed by atoms with E-state index in [0.29, 0.717) is 23.8 Å². The van der Waals surface area contributed by atoms with Crippen molar-refractivity contribution >= 4 is 0 Å². The molecule has 0 radical (unpaired) electrons. The third-order valence-corrected chi connectivity index (χ3v) is 3.14. The van der Waals surface area contributed by atoms with Gasteiger partial charge in [0, 0.05) is 6.54 Å². The molecule has 3 N–H and O–H groups in total. The lowest BCUT2D eigenvalue weighted by Crippen LogP contribution is -2.48. The average molecular weight is 285 g/mol. The maximum absolute atomic E-state index is 9.26. The fraction of sp³-hybridized carbons (Fsp3) is 0.571. The molecule has 0 saturated heterocycles. The average Bonchev–Trinajstić information content (AvgIpc) is 2.51. The fourth-order valence-corrected chi connectivity index (χ4v) is 1.71. The lowest BCUT2D eigenvalue weighted by Gasteiger charge is -2.26. The van der Waals surface area contributed by atoms with Gasteiger partial charge in [-0.15, -0.1) is 0 Å². The van der Waals surface area contributed by atoms with Gasteiger partial charge in [0.2, 0.25) is 5.75 Å². The van der Waals surface area contributed by atoms with Gasteiger partial charge in [-0.1, -0.05) is 0 Å². The molecule has 0 aromatic heterocycles. The highest BCUT2D eigenvalue weighted by atomic mass is 16.5. The number of ether oxygens (including phenoxy) is 3. The molecule has 0 unspecified atom stereocenters. The third kappa shape index (κ3) is 3.75. The number of nitrogens with one attached hydrogen (secondary N) is 1. The van der Waals surface area contributed by atoms with Gasteiger partial charge in [-0.25, -0.2) is 0 Å². The summed E-state index contributed by atoms with van der Waals surface area (Å²) >= 11 is 0. The summed E-state index contributed by atoms with van der Waals surface area (Å²) in [5.41, 5.74) is 0.160. The normalized spacial score (nSPS) is 11.3. The number of benzene rings is 1. The van der Waals surface area contributed by atoms with E-state index in [9.17, 15) is 10.2 Å². The maximum atomic E-state index is 9.26. The predicted octanol–water partition coefficient (Wildman–Crippen LogP) is 0.545. The zero-order valence-electron chi connectivity index (χ0n) is 12.4. The van der Waals surface area contributed by atoms with Crippen molar-refractivity contribution < 1.29 is 24.4 Å². The summed E-state index contributed by atoms with van der Waals surface area (Å²) in [6, 6.07) is 3.65. The van der Waals surface area contributed by atoms with E-state index >= 15 is 0 Å². The standard InChI is InChI=1S/C14H23NO5/c1-14(8-16,9-17)15-7-10-5-11(18-2)13(20-4)12(6-10)19-3/h5-6,15-17H,7-9H2,1-4H3. The zero-order chi connectivity index (χ0) is 15.2. The number of aliphatic hydroxyl groups is 2. The largest absolute Gasteiger partial charge is 0.493 e. The van der Waals surface area contributed by atoms with Crippen LogP contribution in [0.1, 0.15) is 12.5 Å². The monoisotopic (exact) mass is 285 g/mol. The van der Waals surface area contributed by atoms with E-state index in [1.807, 2.05) is 12.1 Å². The van der Waals surface area contributed by atoms with Gasteiger partial charge >= 0.3 is 0 Å². The summed E-state index contributed by atoms with van der Waals surface area (Å²) in [7, 11) is 4.66. The van der Waals surface area contributed by atoms with Crippen molar-refractivity contribution in [2.75, 3.05) is 34.5 Å². The molecular weight excluding hydrogens is 262 g/mol. The highest BCUT2D eigenvalue weighted by Crippen LogP contribution is 2.38. The number of rotatable bonds is 8. The quantitative estimate of drug-likeness (QED) is 0.647. The Balaban J connectivity index is 2.96. The van der Waals surface area contributed by atoms with Gasteiger partial charge in [0.05, 0.1) is 40.1 Å². The molecule has 0 fully saturated rings. The minimum Gasteiger partial charge on any atom is -0.493 e. The molecule has 1 aromatic rings. The zero-order valence-corrected chi connectivity index (χ0v) is 12.4. The van der Waals surface area contributed by atoms with Crippen molar-refractivity contribution in [3.63, 3.8) is 0 Å². The summed E-state index contributed by atoms with van der Waals surface area (Å²) in [5.74, 6) is 1.67. The molecule has 0 amide bonds. The van der Waals surface area contributed by atoms with Crippen molar-refractivity contribution in [1.82, 2.24) is 5.32 Å². The summed E-state index contributed by atoms with van der Waals surface area (Å²) < 4.78 is 15.8. The van der Waals surface area contributed by atoms with Crippen LogP contribution in [0.5, 0.6) is 17.2 Å². The van der Waals surface area contributed by atoms with Crippen LogP contribution in [0.3, 0.4) is 0 Å². The number of aliphatic hydroxyl groups excluding tert-OH is 2. The SMILES string of the molecule is COc1cc(CNC(C)(CO)CO)cc(OC)c1OC. The maximum Gasteiger partial charge on any atom is 0.203 e. The molecule has 0 heterocycles. The van der Waals surface area contributed by atoms with Gasteiger partial charge in [-0.2, -0.15) is 0 Å². The molecule has 1 rings (SSSR count). The Hall–Kier alpha value is -1.50. The Kier molecular flexibility index (Phi) is 6.06. The predicted molar refractivity (Wildman–Crippen MR) is 75.5 cm³/mol. The van der Waals surface area contributed by atoms with Crippen LogP contribution in [0.15, 0.2) is 12.1 Å². The lowest BCUT2D eigenvalue weighted by atomic mass is 10.0. The number of hydrogen-bond donors (Lipinski definition) is 3. The van der Waals surface area contributed by atoms with Gasteiger partial charge in [0.1, 0.15) is 0 Å². The highest BCUT2D eigenvalue weighted by molar-refractivity contribution is 5.53. The van der Waals surface area contributed by atoms with E-state index in [1.54, 1.807) is 28.3 Å². The second-order valence-electron chi connectivity index (χ2n) is 4.76. The number of methoxy groups -OCH3 is 3. The van der Waals surface area contributed by atoms with Crippen molar-refractivity contribution in [2.24, 2.45) is 0 Å². The van der Waals surface area contributed by atoms with Crippen molar-refractivity contribution in [1.29, 1.82) is 0 Å². The van der Waals surface area contributed by atoms with Crippen LogP contribution in [-0.4, -0.2) is 50.3 Å². The molecule has 6 nitrogen and oxygen atoms in total. The highest BCUT2D eigenvalue weighted by Gasteiger charge is 2.22. The molecule has 0 aliphatic carbocycles. The van der Waals surface area contributed by atoms with Crippen molar-refractivity contribution in [2.45, 2.75) is 19.0 Å². The van der Waals surface area contributed by atoms with E-state index in [-0.39, 0.29) is 13.2 Å². The second kappa shape index (κ2) is 7.33. The molecule has 0 atom stereocenters. The molecule has 1 aromatic carbocycles. The molecular formula is C14H23NO5. The van der Waals surface area contributed by atoms with Crippen LogP contribution in [0.4, 0.5) is 0 Å². The van der Waals surface area contributed by atoms with Crippen LogP contribution < -0.4 is 19.5 Å². The lowest BCUT2D eigenvalue weighted by molar-refractivity contribution is 0.103. The van der Waals surface area contributed by atoms with Crippen molar-refractivity contribution in [3.05, 3.63) is 17.7 Å². The van der Waals surface area contributed by atoms with Gasteiger partial charge in [-0.3, -0.25) is 0 Å². The smallest absolute Gasteiger partial charge is 0.203 e. The molecule has 20 heavy (non-hydrogen) atoms. The van der Waals surface area contributed by atoms with Gasteiger partial charge in [-0.05, 0) is 24.6 Å².